The topological polar surface area (TPSA) is 64.6 Å². The molecule has 0 aliphatic carbocycles. The van der Waals surface area contributed by atoms with E-state index in [-0.39, 0.29) is 11.8 Å². The van der Waals surface area contributed by atoms with Gasteiger partial charge in [0, 0.05) is 33.7 Å². The van der Waals surface area contributed by atoms with Crippen molar-refractivity contribution in [3.8, 4) is 0 Å². The van der Waals surface area contributed by atoms with Crippen LogP contribution in [-0.4, -0.2) is 49.8 Å². The lowest BCUT2D eigenvalue weighted by Gasteiger charge is -2.14. The Labute approximate surface area is 112 Å². The number of carbonyl (C=O) groups is 1. The predicted octanol–water partition coefficient (Wildman–Crippen LogP) is 0.720. The van der Waals surface area contributed by atoms with E-state index in [1.807, 2.05) is 0 Å². The standard InChI is InChI=1S/C13H20FN3O2/c1-17(2)13(19)16-7-6-15-9-12(18)10-4-3-5-11(14)8-10/h3-5,8,12,15,18H,6-7,9H2,1-2H3,(H,16,19). The molecule has 0 saturated carbocycles. The van der Waals surface area contributed by atoms with Crippen molar-refractivity contribution in [1.29, 1.82) is 0 Å². The van der Waals surface area contributed by atoms with Crippen LogP contribution in [-0.2, 0) is 0 Å². The summed E-state index contributed by atoms with van der Waals surface area (Å²) in [5, 5.41) is 15.5. The highest BCUT2D eigenvalue weighted by molar-refractivity contribution is 5.73. The second-order valence-corrected chi connectivity index (χ2v) is 4.40. The minimum atomic E-state index is -0.764. The Balaban J connectivity index is 2.21. The molecule has 0 saturated heterocycles. The summed E-state index contributed by atoms with van der Waals surface area (Å²) in [4.78, 5) is 12.6. The number of hydrogen-bond donors (Lipinski definition) is 3. The number of carbonyl (C=O) groups excluding carboxylic acids is 1. The third-order valence-electron chi connectivity index (χ3n) is 2.56. The third-order valence-corrected chi connectivity index (χ3v) is 2.56. The van der Waals surface area contributed by atoms with Gasteiger partial charge in [-0.2, -0.15) is 0 Å². The van der Waals surface area contributed by atoms with Gasteiger partial charge in [-0.15, -0.1) is 0 Å². The molecule has 6 heteroatoms. The molecule has 0 spiro atoms. The maximum Gasteiger partial charge on any atom is 0.316 e. The van der Waals surface area contributed by atoms with E-state index in [9.17, 15) is 14.3 Å². The van der Waals surface area contributed by atoms with Gasteiger partial charge in [-0.05, 0) is 17.7 Å². The van der Waals surface area contributed by atoms with E-state index in [0.717, 1.165) is 0 Å². The normalized spacial score (nSPS) is 12.0. The first-order valence-corrected chi connectivity index (χ1v) is 6.10. The minimum Gasteiger partial charge on any atom is -0.387 e. The predicted molar refractivity (Wildman–Crippen MR) is 71.3 cm³/mol. The van der Waals surface area contributed by atoms with Crippen LogP contribution in [0, 0.1) is 5.82 Å². The van der Waals surface area contributed by atoms with Crippen LogP contribution < -0.4 is 10.6 Å². The van der Waals surface area contributed by atoms with Gasteiger partial charge in [-0.3, -0.25) is 0 Å². The second kappa shape index (κ2) is 7.70. The molecule has 1 atom stereocenters. The SMILES string of the molecule is CN(C)C(=O)NCCNCC(O)c1cccc(F)c1. The summed E-state index contributed by atoms with van der Waals surface area (Å²) in [6.07, 6.45) is -0.764. The zero-order valence-electron chi connectivity index (χ0n) is 11.2. The first-order valence-electron chi connectivity index (χ1n) is 6.10. The first kappa shape index (κ1) is 15.4. The van der Waals surface area contributed by atoms with Crippen molar-refractivity contribution in [3.63, 3.8) is 0 Å². The molecule has 1 aromatic rings. The van der Waals surface area contributed by atoms with Crippen molar-refractivity contribution in [2.75, 3.05) is 33.7 Å². The summed E-state index contributed by atoms with van der Waals surface area (Å²) in [6.45, 7) is 1.31. The van der Waals surface area contributed by atoms with Crippen LogP contribution in [0.15, 0.2) is 24.3 Å². The van der Waals surface area contributed by atoms with Gasteiger partial charge in [0.25, 0.3) is 0 Å². The highest BCUT2D eigenvalue weighted by Crippen LogP contribution is 2.12. The van der Waals surface area contributed by atoms with Gasteiger partial charge in [0.05, 0.1) is 6.10 Å². The van der Waals surface area contributed by atoms with Gasteiger partial charge < -0.3 is 20.6 Å². The van der Waals surface area contributed by atoms with E-state index in [4.69, 9.17) is 0 Å². The number of amides is 2. The first-order chi connectivity index (χ1) is 9.00. The molecule has 0 aromatic heterocycles. The lowest BCUT2D eigenvalue weighted by molar-refractivity contribution is 0.174. The van der Waals surface area contributed by atoms with Gasteiger partial charge >= 0.3 is 6.03 Å². The largest absolute Gasteiger partial charge is 0.387 e. The third kappa shape index (κ3) is 5.67. The molecule has 1 aromatic carbocycles. The molecule has 5 nitrogen and oxygen atoms in total. The summed E-state index contributed by atoms with van der Waals surface area (Å²) in [5.41, 5.74) is 0.532. The number of aliphatic hydroxyl groups excluding tert-OH is 1. The van der Waals surface area contributed by atoms with Crippen molar-refractivity contribution in [3.05, 3.63) is 35.6 Å². The van der Waals surface area contributed by atoms with Crippen LogP contribution in [0.3, 0.4) is 0 Å². The van der Waals surface area contributed by atoms with Gasteiger partial charge in [-0.1, -0.05) is 12.1 Å². The number of aliphatic hydroxyl groups is 1. The van der Waals surface area contributed by atoms with E-state index in [1.54, 1.807) is 26.2 Å². The lowest BCUT2D eigenvalue weighted by atomic mass is 10.1. The molecule has 0 aliphatic rings. The molecule has 1 unspecified atom stereocenters. The number of halogens is 1. The average molecular weight is 269 g/mol. The average Bonchev–Trinajstić information content (AvgIpc) is 2.37. The number of nitrogens with zero attached hydrogens (tertiary/aromatic N) is 1. The Kier molecular flexibility index (Phi) is 6.24. The number of urea groups is 1. The van der Waals surface area contributed by atoms with Gasteiger partial charge in [0.1, 0.15) is 5.82 Å². The monoisotopic (exact) mass is 269 g/mol. The fourth-order valence-electron chi connectivity index (χ4n) is 1.49. The van der Waals surface area contributed by atoms with E-state index < -0.39 is 6.10 Å². The molecule has 0 bridgehead atoms. The molecule has 0 fully saturated rings. The lowest BCUT2D eigenvalue weighted by Crippen LogP contribution is -2.39. The Morgan fingerprint density at radius 1 is 1.42 bits per heavy atom. The fourth-order valence-corrected chi connectivity index (χ4v) is 1.49. The van der Waals surface area contributed by atoms with Crippen molar-refractivity contribution in [1.82, 2.24) is 15.5 Å². The van der Waals surface area contributed by atoms with Gasteiger partial charge in [0.2, 0.25) is 0 Å². The second-order valence-electron chi connectivity index (χ2n) is 4.40. The quantitative estimate of drug-likeness (QED) is 0.667. The highest BCUT2D eigenvalue weighted by Gasteiger charge is 2.07. The van der Waals surface area contributed by atoms with Gasteiger partial charge in [-0.25, -0.2) is 9.18 Å². The molecule has 0 heterocycles. The van der Waals surface area contributed by atoms with E-state index in [2.05, 4.69) is 10.6 Å². The van der Waals surface area contributed by atoms with Crippen LogP contribution in [0.25, 0.3) is 0 Å². The molecular formula is C13H20FN3O2. The fraction of sp³-hybridized carbons (Fsp3) is 0.462. The minimum absolute atomic E-state index is 0.160. The van der Waals surface area contributed by atoms with E-state index in [1.165, 1.54) is 17.0 Å². The molecule has 1 rings (SSSR count). The summed E-state index contributed by atoms with van der Waals surface area (Å²) in [6, 6.07) is 5.71. The summed E-state index contributed by atoms with van der Waals surface area (Å²) >= 11 is 0. The van der Waals surface area contributed by atoms with Gasteiger partial charge in [0.15, 0.2) is 0 Å². The number of rotatable bonds is 6. The number of nitrogens with one attached hydrogen (secondary N) is 2. The van der Waals surface area contributed by atoms with Crippen molar-refractivity contribution < 1.29 is 14.3 Å². The maximum atomic E-state index is 13.0. The zero-order chi connectivity index (χ0) is 14.3. The van der Waals surface area contributed by atoms with E-state index >= 15 is 0 Å². The van der Waals surface area contributed by atoms with Crippen molar-refractivity contribution in [2.45, 2.75) is 6.10 Å². The zero-order valence-corrected chi connectivity index (χ0v) is 11.2. The van der Waals surface area contributed by atoms with Crippen molar-refractivity contribution in [2.24, 2.45) is 0 Å². The summed E-state index contributed by atoms with van der Waals surface area (Å²) in [7, 11) is 3.33. The van der Waals surface area contributed by atoms with Crippen molar-refractivity contribution >= 4 is 6.03 Å². The highest BCUT2D eigenvalue weighted by atomic mass is 19.1. The molecule has 0 radical (unpaired) electrons. The smallest absolute Gasteiger partial charge is 0.316 e. The van der Waals surface area contributed by atoms with Crippen LogP contribution in [0.2, 0.25) is 0 Å². The molecule has 106 valence electrons. The Morgan fingerprint density at radius 2 is 2.16 bits per heavy atom. The Hall–Kier alpha value is -1.66. The molecule has 0 aliphatic heterocycles. The molecule has 19 heavy (non-hydrogen) atoms. The number of benzene rings is 1. The van der Waals surface area contributed by atoms with E-state index in [0.29, 0.717) is 25.2 Å². The van der Waals surface area contributed by atoms with Crippen LogP contribution >= 0.6 is 0 Å². The Bertz CT molecular complexity index is 413. The van der Waals surface area contributed by atoms with Crippen LogP contribution in [0.1, 0.15) is 11.7 Å². The molecular weight excluding hydrogens is 249 g/mol. The summed E-state index contributed by atoms with van der Waals surface area (Å²) < 4.78 is 13.0. The molecule has 2 amide bonds. The number of hydrogen-bond acceptors (Lipinski definition) is 3. The summed E-state index contributed by atoms with van der Waals surface area (Å²) in [5.74, 6) is -0.366. The van der Waals surface area contributed by atoms with Crippen LogP contribution in [0.5, 0.6) is 0 Å². The van der Waals surface area contributed by atoms with Crippen LogP contribution in [0.4, 0.5) is 9.18 Å². The Morgan fingerprint density at radius 3 is 2.79 bits per heavy atom. The molecule has 3 N–H and O–H groups in total. The maximum absolute atomic E-state index is 13.0.